The standard InChI is InChI=1S/C14H18N2Si/c17-9-5-11-10-2-1-3-15-12(10)4-8-7-16-13(6-9)14(8)11/h5-7,10,12,15-16H,1-4H2,17H3/t10-,12-/m1/s1. The average Bonchev–Trinajstić information content (AvgIpc) is 2.73. The average molecular weight is 242 g/mol. The van der Waals surface area contributed by atoms with Crippen molar-refractivity contribution in [3.8, 4) is 0 Å². The molecular weight excluding hydrogens is 224 g/mol. The van der Waals surface area contributed by atoms with Crippen molar-refractivity contribution >= 4 is 26.3 Å². The number of aromatic nitrogens is 1. The van der Waals surface area contributed by atoms with Gasteiger partial charge in [-0.05, 0) is 43.0 Å². The summed E-state index contributed by atoms with van der Waals surface area (Å²) in [4.78, 5) is 3.46. The topological polar surface area (TPSA) is 27.8 Å². The molecule has 88 valence electrons. The van der Waals surface area contributed by atoms with Gasteiger partial charge in [0.05, 0.1) is 0 Å². The van der Waals surface area contributed by atoms with Gasteiger partial charge in [0, 0.05) is 39.3 Å². The van der Waals surface area contributed by atoms with Gasteiger partial charge in [-0.15, -0.1) is 0 Å². The lowest BCUT2D eigenvalue weighted by atomic mass is 9.76. The molecule has 1 saturated heterocycles. The molecule has 0 spiro atoms. The highest BCUT2D eigenvalue weighted by Crippen LogP contribution is 2.39. The Labute approximate surface area is 104 Å². The number of rotatable bonds is 0. The molecule has 0 bridgehead atoms. The molecule has 2 N–H and O–H groups in total. The molecular formula is C14H18N2Si. The molecule has 1 fully saturated rings. The fourth-order valence-corrected chi connectivity index (χ4v) is 4.35. The van der Waals surface area contributed by atoms with Crippen LogP contribution in [-0.4, -0.2) is 27.8 Å². The van der Waals surface area contributed by atoms with Crippen molar-refractivity contribution in [2.24, 2.45) is 0 Å². The Bertz CT molecular complexity index is 587. The first-order valence-electron chi connectivity index (χ1n) is 6.67. The highest BCUT2D eigenvalue weighted by molar-refractivity contribution is 6.33. The van der Waals surface area contributed by atoms with E-state index in [2.05, 4.69) is 28.6 Å². The summed E-state index contributed by atoms with van der Waals surface area (Å²) in [6.07, 6.45) is 6.12. The molecule has 2 aromatic rings. The number of H-pyrrole nitrogens is 1. The van der Waals surface area contributed by atoms with E-state index in [1.165, 1.54) is 47.5 Å². The molecule has 0 radical (unpaired) electrons. The van der Waals surface area contributed by atoms with E-state index in [1.54, 1.807) is 5.56 Å². The molecule has 17 heavy (non-hydrogen) atoms. The second kappa shape index (κ2) is 3.46. The Hall–Kier alpha value is -1.06. The van der Waals surface area contributed by atoms with Gasteiger partial charge in [-0.3, -0.25) is 0 Å². The van der Waals surface area contributed by atoms with Gasteiger partial charge < -0.3 is 10.3 Å². The molecule has 1 aliphatic carbocycles. The molecule has 1 aliphatic heterocycles. The Morgan fingerprint density at radius 2 is 2.24 bits per heavy atom. The fraction of sp³-hybridized carbons (Fsp3) is 0.429. The van der Waals surface area contributed by atoms with Gasteiger partial charge in [0.2, 0.25) is 0 Å². The number of fused-ring (bicyclic) bond motifs is 2. The van der Waals surface area contributed by atoms with E-state index < -0.39 is 0 Å². The summed E-state index contributed by atoms with van der Waals surface area (Å²) < 4.78 is 0. The predicted octanol–water partition coefficient (Wildman–Crippen LogP) is 0.550. The minimum Gasteiger partial charge on any atom is -0.361 e. The smallest absolute Gasteiger partial charge is 0.0458 e. The molecule has 2 nitrogen and oxygen atoms in total. The Balaban J connectivity index is 1.99. The molecule has 3 heteroatoms. The van der Waals surface area contributed by atoms with E-state index in [1.807, 2.05) is 0 Å². The van der Waals surface area contributed by atoms with Crippen LogP contribution in [0.4, 0.5) is 0 Å². The van der Waals surface area contributed by atoms with Crippen LogP contribution in [0.3, 0.4) is 0 Å². The molecule has 1 aromatic heterocycles. The number of hydrogen-bond donors (Lipinski definition) is 2. The lowest BCUT2D eigenvalue weighted by Gasteiger charge is -2.36. The zero-order valence-electron chi connectivity index (χ0n) is 10.2. The number of benzene rings is 1. The van der Waals surface area contributed by atoms with Gasteiger partial charge >= 0.3 is 0 Å². The van der Waals surface area contributed by atoms with Gasteiger partial charge in [-0.25, -0.2) is 0 Å². The van der Waals surface area contributed by atoms with Crippen LogP contribution in [0.1, 0.15) is 29.9 Å². The van der Waals surface area contributed by atoms with Crippen molar-refractivity contribution in [2.75, 3.05) is 6.54 Å². The van der Waals surface area contributed by atoms with Crippen LogP contribution < -0.4 is 10.5 Å². The number of piperidine rings is 1. The minimum absolute atomic E-state index is 0.679. The molecule has 2 atom stereocenters. The second-order valence-corrected chi connectivity index (χ2v) is 6.76. The van der Waals surface area contributed by atoms with Gasteiger partial charge in [0.15, 0.2) is 0 Å². The molecule has 2 heterocycles. The quantitative estimate of drug-likeness (QED) is 0.649. The SMILES string of the molecule is [SiH3]c1cc2c3c(c[nH]c3c1)C[C@H]1NCCC[C@H]21. The maximum Gasteiger partial charge on any atom is 0.0458 e. The zero-order valence-corrected chi connectivity index (χ0v) is 12.2. The second-order valence-electron chi connectivity index (χ2n) is 5.60. The largest absolute Gasteiger partial charge is 0.361 e. The van der Waals surface area contributed by atoms with Crippen LogP contribution in [0.15, 0.2) is 18.3 Å². The third-order valence-electron chi connectivity index (χ3n) is 4.46. The third-order valence-corrected chi connectivity index (χ3v) is 5.04. The molecule has 1 aromatic carbocycles. The van der Waals surface area contributed by atoms with Crippen molar-refractivity contribution < 1.29 is 0 Å². The van der Waals surface area contributed by atoms with Crippen LogP contribution in [0.5, 0.6) is 0 Å². The molecule has 4 rings (SSSR count). The lowest BCUT2D eigenvalue weighted by molar-refractivity contribution is 0.345. The Morgan fingerprint density at radius 3 is 3.18 bits per heavy atom. The maximum atomic E-state index is 3.71. The monoisotopic (exact) mass is 242 g/mol. The summed E-state index contributed by atoms with van der Waals surface area (Å²) in [5.41, 5.74) is 4.51. The van der Waals surface area contributed by atoms with E-state index in [-0.39, 0.29) is 0 Å². The van der Waals surface area contributed by atoms with E-state index >= 15 is 0 Å². The van der Waals surface area contributed by atoms with E-state index in [0.717, 1.165) is 16.2 Å². The van der Waals surface area contributed by atoms with Gasteiger partial charge in [-0.1, -0.05) is 11.3 Å². The van der Waals surface area contributed by atoms with Crippen LogP contribution >= 0.6 is 0 Å². The molecule has 0 amide bonds. The molecule has 0 unspecified atom stereocenters. The van der Waals surface area contributed by atoms with Crippen LogP contribution in [0, 0.1) is 0 Å². The Morgan fingerprint density at radius 1 is 1.29 bits per heavy atom. The first kappa shape index (κ1) is 9.92. The fourth-order valence-electron chi connectivity index (χ4n) is 3.75. The summed E-state index contributed by atoms with van der Waals surface area (Å²) in [5.74, 6) is 0.753. The van der Waals surface area contributed by atoms with Crippen molar-refractivity contribution in [3.05, 3.63) is 29.5 Å². The summed E-state index contributed by atoms with van der Waals surface area (Å²) in [6.45, 7) is 1.20. The zero-order chi connectivity index (χ0) is 11.4. The van der Waals surface area contributed by atoms with Gasteiger partial charge in [0.25, 0.3) is 0 Å². The summed E-state index contributed by atoms with van der Waals surface area (Å²) in [6, 6.07) is 5.49. The highest BCUT2D eigenvalue weighted by Gasteiger charge is 2.32. The first-order valence-corrected chi connectivity index (χ1v) is 7.67. The third kappa shape index (κ3) is 1.36. The molecule has 2 aliphatic rings. The number of hydrogen-bond acceptors (Lipinski definition) is 1. The van der Waals surface area contributed by atoms with Crippen LogP contribution in [0.2, 0.25) is 0 Å². The van der Waals surface area contributed by atoms with Gasteiger partial charge in [-0.2, -0.15) is 0 Å². The number of aromatic amines is 1. The summed E-state index contributed by atoms with van der Waals surface area (Å²) in [5, 5.41) is 6.77. The normalized spacial score (nSPS) is 27.3. The maximum absolute atomic E-state index is 3.71. The lowest BCUT2D eigenvalue weighted by Crippen LogP contribution is -2.43. The van der Waals surface area contributed by atoms with Crippen LogP contribution in [0.25, 0.3) is 10.9 Å². The van der Waals surface area contributed by atoms with Crippen molar-refractivity contribution in [1.29, 1.82) is 0 Å². The predicted molar refractivity (Wildman–Crippen MR) is 75.3 cm³/mol. The summed E-state index contributed by atoms with van der Waals surface area (Å²) in [7, 11) is 1.15. The Kier molecular flexibility index (Phi) is 2.02. The van der Waals surface area contributed by atoms with Gasteiger partial charge in [0.1, 0.15) is 0 Å². The summed E-state index contributed by atoms with van der Waals surface area (Å²) >= 11 is 0. The van der Waals surface area contributed by atoms with E-state index in [9.17, 15) is 0 Å². The van der Waals surface area contributed by atoms with E-state index in [4.69, 9.17) is 0 Å². The van der Waals surface area contributed by atoms with Crippen molar-refractivity contribution in [1.82, 2.24) is 10.3 Å². The highest BCUT2D eigenvalue weighted by atomic mass is 28.1. The minimum atomic E-state index is 0.679. The van der Waals surface area contributed by atoms with Crippen molar-refractivity contribution in [3.63, 3.8) is 0 Å². The van der Waals surface area contributed by atoms with Crippen LogP contribution in [-0.2, 0) is 6.42 Å². The number of nitrogens with one attached hydrogen (secondary N) is 2. The van der Waals surface area contributed by atoms with Crippen molar-refractivity contribution in [2.45, 2.75) is 31.2 Å². The first-order chi connectivity index (χ1) is 8.33. The van der Waals surface area contributed by atoms with E-state index in [0.29, 0.717) is 6.04 Å². The molecule has 0 saturated carbocycles.